The van der Waals surface area contributed by atoms with E-state index in [1.165, 1.54) is 38.5 Å². The highest BCUT2D eigenvalue weighted by Gasteiger charge is 2.36. The average Bonchev–Trinajstić information content (AvgIpc) is 2.46. The van der Waals surface area contributed by atoms with E-state index in [2.05, 4.69) is 6.92 Å². The molecule has 0 aromatic heterocycles. The molecule has 0 saturated carbocycles. The summed E-state index contributed by atoms with van der Waals surface area (Å²) in [5, 5.41) is -0.748. The standard InChI is InChI=1S/C17H37NO2S/c1-4-7-8-9-10-11-13-16(14-12-15-18)17(21,19-5-2)20-6-3/h16,21H,4-15,18H2,1-3H3. The second kappa shape index (κ2) is 13.9. The molecule has 0 aliphatic carbocycles. The zero-order valence-electron chi connectivity index (χ0n) is 14.4. The number of rotatable bonds is 15. The lowest BCUT2D eigenvalue weighted by molar-refractivity contribution is -0.198. The van der Waals surface area contributed by atoms with Gasteiger partial charge in [0, 0.05) is 19.1 Å². The lowest BCUT2D eigenvalue weighted by Crippen LogP contribution is -2.39. The van der Waals surface area contributed by atoms with Gasteiger partial charge in [-0.3, -0.25) is 0 Å². The van der Waals surface area contributed by atoms with Crippen LogP contribution in [0.5, 0.6) is 0 Å². The highest BCUT2D eigenvalue weighted by Crippen LogP contribution is 2.35. The first-order valence-electron chi connectivity index (χ1n) is 8.84. The van der Waals surface area contributed by atoms with Gasteiger partial charge in [0.15, 0.2) is 0 Å². The van der Waals surface area contributed by atoms with Gasteiger partial charge in [0.1, 0.15) is 0 Å². The number of hydrogen-bond donors (Lipinski definition) is 2. The summed E-state index contributed by atoms with van der Waals surface area (Å²) in [6, 6.07) is 0. The Morgan fingerprint density at radius 1 is 0.857 bits per heavy atom. The minimum absolute atomic E-state index is 0.315. The first kappa shape index (κ1) is 21.2. The van der Waals surface area contributed by atoms with Crippen molar-refractivity contribution in [2.24, 2.45) is 11.7 Å². The van der Waals surface area contributed by atoms with Crippen molar-refractivity contribution < 1.29 is 9.47 Å². The molecule has 0 bridgehead atoms. The van der Waals surface area contributed by atoms with Gasteiger partial charge in [-0.25, -0.2) is 0 Å². The molecule has 21 heavy (non-hydrogen) atoms. The summed E-state index contributed by atoms with van der Waals surface area (Å²) in [5.41, 5.74) is 5.67. The van der Waals surface area contributed by atoms with Gasteiger partial charge >= 0.3 is 0 Å². The Morgan fingerprint density at radius 2 is 1.38 bits per heavy atom. The second-order valence-electron chi connectivity index (χ2n) is 5.68. The first-order valence-corrected chi connectivity index (χ1v) is 9.29. The van der Waals surface area contributed by atoms with Crippen LogP contribution in [0.3, 0.4) is 0 Å². The van der Waals surface area contributed by atoms with E-state index in [1.54, 1.807) is 0 Å². The number of unbranched alkanes of at least 4 members (excludes halogenated alkanes) is 5. The first-order chi connectivity index (χ1) is 10.1. The smallest absolute Gasteiger partial charge is 0.218 e. The number of ether oxygens (including phenoxy) is 2. The van der Waals surface area contributed by atoms with Crippen molar-refractivity contribution in [2.75, 3.05) is 19.8 Å². The topological polar surface area (TPSA) is 44.5 Å². The lowest BCUT2D eigenvalue weighted by atomic mass is 9.94. The maximum Gasteiger partial charge on any atom is 0.218 e. The minimum Gasteiger partial charge on any atom is -0.341 e. The van der Waals surface area contributed by atoms with Crippen LogP contribution in [0.4, 0.5) is 0 Å². The maximum absolute atomic E-state index is 5.83. The molecule has 2 N–H and O–H groups in total. The van der Waals surface area contributed by atoms with E-state index in [0.29, 0.717) is 19.1 Å². The molecule has 0 aromatic rings. The summed E-state index contributed by atoms with van der Waals surface area (Å²) in [5.74, 6) is 0.315. The molecule has 1 unspecified atom stereocenters. The predicted molar refractivity (Wildman–Crippen MR) is 94.7 cm³/mol. The van der Waals surface area contributed by atoms with E-state index >= 15 is 0 Å². The van der Waals surface area contributed by atoms with Crippen molar-refractivity contribution in [2.45, 2.75) is 83.7 Å². The third-order valence-corrected chi connectivity index (χ3v) is 4.50. The van der Waals surface area contributed by atoms with Gasteiger partial charge in [-0.05, 0) is 39.7 Å². The van der Waals surface area contributed by atoms with Crippen LogP contribution >= 0.6 is 12.6 Å². The Morgan fingerprint density at radius 3 is 1.90 bits per heavy atom. The Labute approximate surface area is 137 Å². The third-order valence-electron chi connectivity index (χ3n) is 3.88. The summed E-state index contributed by atoms with van der Waals surface area (Å²) in [7, 11) is 0. The summed E-state index contributed by atoms with van der Waals surface area (Å²) in [6.07, 6.45) is 11.0. The van der Waals surface area contributed by atoms with Gasteiger partial charge < -0.3 is 15.2 Å². The van der Waals surface area contributed by atoms with Crippen molar-refractivity contribution >= 4 is 12.6 Å². The maximum atomic E-state index is 5.83. The van der Waals surface area contributed by atoms with E-state index < -0.39 is 5.12 Å². The fourth-order valence-electron chi connectivity index (χ4n) is 2.74. The van der Waals surface area contributed by atoms with E-state index in [4.69, 9.17) is 27.8 Å². The molecular weight excluding hydrogens is 282 g/mol. The molecule has 0 rings (SSSR count). The van der Waals surface area contributed by atoms with E-state index in [9.17, 15) is 0 Å². The predicted octanol–water partition coefficient (Wildman–Crippen LogP) is 4.75. The molecule has 128 valence electrons. The molecule has 0 aliphatic rings. The van der Waals surface area contributed by atoms with Gasteiger partial charge in [-0.15, -0.1) is 12.6 Å². The molecule has 4 heteroatoms. The molecule has 0 aliphatic heterocycles. The van der Waals surface area contributed by atoms with E-state index in [-0.39, 0.29) is 0 Å². The van der Waals surface area contributed by atoms with Crippen molar-refractivity contribution in [3.63, 3.8) is 0 Å². The summed E-state index contributed by atoms with van der Waals surface area (Å²) < 4.78 is 11.7. The summed E-state index contributed by atoms with van der Waals surface area (Å²) in [6.45, 7) is 8.21. The number of hydrogen-bond acceptors (Lipinski definition) is 4. The second-order valence-corrected chi connectivity index (χ2v) is 6.30. The Balaban J connectivity index is 4.32. The van der Waals surface area contributed by atoms with Crippen molar-refractivity contribution in [1.82, 2.24) is 0 Å². The molecule has 0 amide bonds. The van der Waals surface area contributed by atoms with E-state index in [0.717, 1.165) is 25.8 Å². The summed E-state index contributed by atoms with van der Waals surface area (Å²) >= 11 is 4.72. The van der Waals surface area contributed by atoms with Gasteiger partial charge in [0.05, 0.1) is 0 Å². The minimum atomic E-state index is -0.748. The fraction of sp³-hybridized carbons (Fsp3) is 1.00. The molecule has 0 radical (unpaired) electrons. The van der Waals surface area contributed by atoms with Gasteiger partial charge in [0.2, 0.25) is 5.12 Å². The number of nitrogens with two attached hydrogens (primary N) is 1. The van der Waals surface area contributed by atoms with Crippen LogP contribution in [-0.4, -0.2) is 24.9 Å². The largest absolute Gasteiger partial charge is 0.341 e. The summed E-state index contributed by atoms with van der Waals surface area (Å²) in [4.78, 5) is 0. The van der Waals surface area contributed by atoms with Gasteiger partial charge in [-0.1, -0.05) is 45.4 Å². The van der Waals surface area contributed by atoms with Gasteiger partial charge in [-0.2, -0.15) is 0 Å². The quantitative estimate of drug-likeness (QED) is 0.260. The molecule has 0 heterocycles. The van der Waals surface area contributed by atoms with Crippen LogP contribution in [-0.2, 0) is 9.47 Å². The van der Waals surface area contributed by atoms with Crippen LogP contribution in [0.25, 0.3) is 0 Å². The fourth-order valence-corrected chi connectivity index (χ4v) is 3.25. The third kappa shape index (κ3) is 9.77. The zero-order chi connectivity index (χ0) is 16.0. The van der Waals surface area contributed by atoms with Crippen LogP contribution in [0.15, 0.2) is 0 Å². The van der Waals surface area contributed by atoms with Crippen LogP contribution in [0, 0.1) is 5.92 Å². The molecular formula is C17H37NO2S. The van der Waals surface area contributed by atoms with Crippen LogP contribution < -0.4 is 5.73 Å². The monoisotopic (exact) mass is 319 g/mol. The number of thiol groups is 1. The molecule has 0 fully saturated rings. The molecule has 0 aromatic carbocycles. The molecule has 1 atom stereocenters. The zero-order valence-corrected chi connectivity index (χ0v) is 15.3. The Kier molecular flexibility index (Phi) is 14.0. The normalized spacial score (nSPS) is 13.6. The molecule has 0 spiro atoms. The lowest BCUT2D eigenvalue weighted by Gasteiger charge is -2.36. The van der Waals surface area contributed by atoms with Crippen molar-refractivity contribution in [1.29, 1.82) is 0 Å². The Hall–Kier alpha value is 0.230. The van der Waals surface area contributed by atoms with Crippen molar-refractivity contribution in [3.8, 4) is 0 Å². The van der Waals surface area contributed by atoms with Crippen LogP contribution in [0.1, 0.15) is 78.6 Å². The van der Waals surface area contributed by atoms with E-state index in [1.807, 2.05) is 13.8 Å². The Bertz CT molecular complexity index is 221. The SMILES string of the molecule is CCCCCCCCC(CCCN)C(S)(OCC)OCC. The van der Waals surface area contributed by atoms with Crippen LogP contribution in [0.2, 0.25) is 0 Å². The molecule has 0 saturated heterocycles. The van der Waals surface area contributed by atoms with Crippen molar-refractivity contribution in [3.05, 3.63) is 0 Å². The van der Waals surface area contributed by atoms with Gasteiger partial charge in [0.25, 0.3) is 0 Å². The highest BCUT2D eigenvalue weighted by atomic mass is 32.1. The average molecular weight is 320 g/mol. The molecule has 3 nitrogen and oxygen atoms in total. The highest BCUT2D eigenvalue weighted by molar-refractivity contribution is 7.81.